The zero-order valence-corrected chi connectivity index (χ0v) is 12.5. The average molecular weight is 300 g/mol. The molecule has 2 rings (SSSR count). The van der Waals surface area contributed by atoms with Crippen LogP contribution >= 0.6 is 0 Å². The van der Waals surface area contributed by atoms with E-state index in [0.29, 0.717) is 11.3 Å². The van der Waals surface area contributed by atoms with Crippen LogP contribution in [0.5, 0.6) is 0 Å². The Kier molecular flexibility index (Phi) is 3.87. The fourth-order valence-electron chi connectivity index (χ4n) is 2.16. The summed E-state index contributed by atoms with van der Waals surface area (Å²) in [6.45, 7) is 4.63. The lowest BCUT2D eigenvalue weighted by Gasteiger charge is -2.22. The molecule has 1 heterocycles. The van der Waals surface area contributed by atoms with Crippen LogP contribution in [0.25, 0.3) is 0 Å². The topological polar surface area (TPSA) is 102 Å². The Balaban J connectivity index is 2.14. The highest BCUT2D eigenvalue weighted by Crippen LogP contribution is 2.20. The van der Waals surface area contributed by atoms with Gasteiger partial charge in [0.05, 0.1) is 11.6 Å². The summed E-state index contributed by atoms with van der Waals surface area (Å²) in [7, 11) is 0. The number of urea groups is 1. The van der Waals surface area contributed by atoms with Gasteiger partial charge >= 0.3 is 6.03 Å². The largest absolute Gasteiger partial charge is 0.325 e. The lowest BCUT2D eigenvalue weighted by molar-refractivity contribution is -0.135. The van der Waals surface area contributed by atoms with Gasteiger partial charge in [0.1, 0.15) is 11.6 Å². The Morgan fingerprint density at radius 1 is 1.41 bits per heavy atom. The van der Waals surface area contributed by atoms with E-state index in [0.717, 1.165) is 4.90 Å². The number of benzene rings is 1. The smallest absolute Gasteiger partial charge is 0.324 e. The van der Waals surface area contributed by atoms with Crippen molar-refractivity contribution in [1.29, 1.82) is 5.26 Å². The van der Waals surface area contributed by atoms with E-state index in [9.17, 15) is 14.4 Å². The van der Waals surface area contributed by atoms with Crippen LogP contribution in [0.3, 0.4) is 0 Å². The van der Waals surface area contributed by atoms with Gasteiger partial charge in [-0.3, -0.25) is 9.59 Å². The quantitative estimate of drug-likeness (QED) is 0.819. The van der Waals surface area contributed by atoms with Crippen LogP contribution in [-0.2, 0) is 9.59 Å². The standard InChI is InChI=1S/C15H16N4O3/c1-9(19-13(21)15(2,3)18-14(19)22)12(20)17-11-6-4-5-10(7-11)8-16/h4-7,9H,1-3H3,(H,17,20)(H,18,22). The maximum atomic E-state index is 12.2. The number of hydrogen-bond donors (Lipinski definition) is 2. The van der Waals surface area contributed by atoms with Gasteiger partial charge in [0.2, 0.25) is 5.91 Å². The van der Waals surface area contributed by atoms with Gasteiger partial charge in [-0.05, 0) is 39.0 Å². The number of carbonyl (C=O) groups is 3. The second kappa shape index (κ2) is 5.48. The fraction of sp³-hybridized carbons (Fsp3) is 0.333. The van der Waals surface area contributed by atoms with Gasteiger partial charge in [-0.25, -0.2) is 9.69 Å². The number of hydrogen-bond acceptors (Lipinski definition) is 4. The first-order valence-electron chi connectivity index (χ1n) is 6.73. The van der Waals surface area contributed by atoms with Crippen molar-refractivity contribution < 1.29 is 14.4 Å². The molecule has 0 bridgehead atoms. The van der Waals surface area contributed by atoms with Crippen LogP contribution in [0.4, 0.5) is 10.5 Å². The monoisotopic (exact) mass is 300 g/mol. The van der Waals surface area contributed by atoms with E-state index in [1.165, 1.54) is 13.0 Å². The summed E-state index contributed by atoms with van der Waals surface area (Å²) >= 11 is 0. The number of rotatable bonds is 3. The van der Waals surface area contributed by atoms with E-state index < -0.39 is 29.4 Å². The molecule has 7 nitrogen and oxygen atoms in total. The number of carbonyl (C=O) groups excluding carboxylic acids is 3. The van der Waals surface area contributed by atoms with Crippen LogP contribution < -0.4 is 10.6 Å². The molecule has 0 radical (unpaired) electrons. The summed E-state index contributed by atoms with van der Waals surface area (Å²) in [5, 5.41) is 14.0. The lowest BCUT2D eigenvalue weighted by atomic mass is 10.1. The number of nitrogens with one attached hydrogen (secondary N) is 2. The van der Waals surface area contributed by atoms with Crippen LogP contribution in [-0.4, -0.2) is 34.3 Å². The van der Waals surface area contributed by atoms with Gasteiger partial charge < -0.3 is 10.6 Å². The Morgan fingerprint density at radius 2 is 2.09 bits per heavy atom. The molecule has 0 saturated carbocycles. The molecule has 7 heteroatoms. The van der Waals surface area contributed by atoms with Gasteiger partial charge in [0, 0.05) is 5.69 Å². The molecule has 0 spiro atoms. The third-order valence-corrected chi connectivity index (χ3v) is 3.42. The van der Waals surface area contributed by atoms with Gasteiger partial charge in [0.25, 0.3) is 5.91 Å². The van der Waals surface area contributed by atoms with Gasteiger partial charge in [-0.1, -0.05) is 6.07 Å². The normalized spacial score (nSPS) is 17.6. The molecule has 1 fully saturated rings. The van der Waals surface area contributed by atoms with Crippen molar-refractivity contribution in [3.63, 3.8) is 0 Å². The summed E-state index contributed by atoms with van der Waals surface area (Å²) in [6, 6.07) is 6.80. The predicted molar refractivity (Wildman–Crippen MR) is 78.7 cm³/mol. The first-order valence-corrected chi connectivity index (χ1v) is 6.73. The number of nitriles is 1. The Hall–Kier alpha value is -2.88. The van der Waals surface area contributed by atoms with Crippen molar-refractivity contribution in [2.45, 2.75) is 32.4 Å². The highest BCUT2D eigenvalue weighted by atomic mass is 16.2. The van der Waals surface area contributed by atoms with Crippen LogP contribution in [0, 0.1) is 11.3 Å². The molecule has 1 atom stereocenters. The summed E-state index contributed by atoms with van der Waals surface area (Å²) in [5.41, 5.74) is -0.185. The Labute approximate surface area is 127 Å². The second-order valence-corrected chi connectivity index (χ2v) is 5.59. The maximum absolute atomic E-state index is 12.2. The molecule has 22 heavy (non-hydrogen) atoms. The number of imide groups is 1. The van der Waals surface area contributed by atoms with E-state index in [4.69, 9.17) is 5.26 Å². The van der Waals surface area contributed by atoms with Crippen molar-refractivity contribution in [2.75, 3.05) is 5.32 Å². The summed E-state index contributed by atoms with van der Waals surface area (Å²) in [6.07, 6.45) is 0. The molecule has 1 unspecified atom stereocenters. The fourth-order valence-corrected chi connectivity index (χ4v) is 2.16. The van der Waals surface area contributed by atoms with E-state index in [2.05, 4.69) is 10.6 Å². The van der Waals surface area contributed by atoms with Crippen LogP contribution in [0.1, 0.15) is 26.3 Å². The number of anilines is 1. The first-order chi connectivity index (χ1) is 10.3. The highest BCUT2D eigenvalue weighted by Gasteiger charge is 2.47. The molecular formula is C15H16N4O3. The minimum Gasteiger partial charge on any atom is -0.324 e. The SMILES string of the molecule is CC(C(=O)Nc1cccc(C#N)c1)N1C(=O)NC(C)(C)C1=O. The van der Waals surface area contributed by atoms with Gasteiger partial charge in [-0.15, -0.1) is 0 Å². The highest BCUT2D eigenvalue weighted by molar-refractivity contribution is 6.10. The van der Waals surface area contributed by atoms with Crippen LogP contribution in [0.15, 0.2) is 24.3 Å². The molecule has 0 aromatic heterocycles. The molecule has 0 aliphatic carbocycles. The minimum atomic E-state index is -1.02. The van der Waals surface area contributed by atoms with E-state index in [1.807, 2.05) is 6.07 Å². The maximum Gasteiger partial charge on any atom is 0.325 e. The van der Waals surface area contributed by atoms with Crippen molar-refractivity contribution in [2.24, 2.45) is 0 Å². The van der Waals surface area contributed by atoms with E-state index in [1.54, 1.807) is 32.0 Å². The molecule has 4 amide bonds. The second-order valence-electron chi connectivity index (χ2n) is 5.59. The summed E-state index contributed by atoms with van der Waals surface area (Å²) < 4.78 is 0. The molecule has 2 N–H and O–H groups in total. The van der Waals surface area contributed by atoms with Crippen molar-refractivity contribution in [3.8, 4) is 6.07 Å². The molecule has 1 aliphatic rings. The predicted octanol–water partition coefficient (Wildman–Crippen LogP) is 1.22. The minimum absolute atomic E-state index is 0.404. The molecule has 1 aliphatic heterocycles. The molecular weight excluding hydrogens is 284 g/mol. The Morgan fingerprint density at radius 3 is 2.64 bits per heavy atom. The third kappa shape index (κ3) is 2.76. The number of nitrogens with zero attached hydrogens (tertiary/aromatic N) is 2. The summed E-state index contributed by atoms with van der Waals surface area (Å²) in [4.78, 5) is 37.2. The van der Waals surface area contributed by atoms with E-state index >= 15 is 0 Å². The zero-order chi connectivity index (χ0) is 16.5. The Bertz CT molecular complexity index is 690. The first kappa shape index (κ1) is 15.5. The van der Waals surface area contributed by atoms with Crippen LogP contribution in [0.2, 0.25) is 0 Å². The molecule has 1 saturated heterocycles. The van der Waals surface area contributed by atoms with Gasteiger partial charge in [-0.2, -0.15) is 5.26 Å². The van der Waals surface area contributed by atoms with Crippen molar-refractivity contribution in [1.82, 2.24) is 10.2 Å². The van der Waals surface area contributed by atoms with E-state index in [-0.39, 0.29) is 0 Å². The van der Waals surface area contributed by atoms with Crippen molar-refractivity contribution in [3.05, 3.63) is 29.8 Å². The van der Waals surface area contributed by atoms with Crippen molar-refractivity contribution >= 4 is 23.5 Å². The molecule has 114 valence electrons. The zero-order valence-electron chi connectivity index (χ0n) is 12.5. The number of amides is 4. The summed E-state index contributed by atoms with van der Waals surface area (Å²) in [5.74, 6) is -0.956. The third-order valence-electron chi connectivity index (χ3n) is 3.42. The van der Waals surface area contributed by atoms with Gasteiger partial charge in [0.15, 0.2) is 0 Å². The average Bonchev–Trinajstić information content (AvgIpc) is 2.66. The molecule has 1 aromatic carbocycles. The molecule has 1 aromatic rings. The lowest BCUT2D eigenvalue weighted by Crippen LogP contribution is -2.47.